The van der Waals surface area contributed by atoms with Crippen molar-refractivity contribution in [2.75, 3.05) is 12.4 Å². The Morgan fingerprint density at radius 1 is 1.64 bits per heavy atom. The second kappa shape index (κ2) is 9.43. The second-order valence-corrected chi connectivity index (χ2v) is 7.10. The Kier molecular flexibility index (Phi) is 7.25. The van der Waals surface area contributed by atoms with Gasteiger partial charge in [-0.1, -0.05) is 24.4 Å². The van der Waals surface area contributed by atoms with Crippen molar-refractivity contribution in [2.45, 2.75) is 38.4 Å². The van der Waals surface area contributed by atoms with Crippen LogP contribution in [0.4, 0.5) is 0 Å². The molecule has 0 spiro atoms. The molecule has 9 nitrogen and oxygen atoms in total. The first-order valence-corrected chi connectivity index (χ1v) is 9.54. The molecular weight excluding hydrogens is 384 g/mol. The largest absolute Gasteiger partial charge is 0.481 e. The molecule has 1 aliphatic rings. The van der Waals surface area contributed by atoms with Gasteiger partial charge in [0.05, 0.1) is 12.1 Å². The SMILES string of the molecule is C#CCOc1cc([C@@H](CCC)NC(=O)[C@]2(N)CSC(/C(C)=N\O)=N2)oc(=O)c1. The predicted octanol–water partition coefficient (Wildman–Crippen LogP) is 1.26. The Labute approximate surface area is 166 Å². The summed E-state index contributed by atoms with van der Waals surface area (Å²) in [6, 6.07) is 2.09. The quantitative estimate of drug-likeness (QED) is 0.255. The molecule has 0 bridgehead atoms. The van der Waals surface area contributed by atoms with Crippen molar-refractivity contribution in [3.63, 3.8) is 0 Å². The number of terminal acetylenes is 1. The van der Waals surface area contributed by atoms with E-state index in [-0.39, 0.29) is 29.6 Å². The van der Waals surface area contributed by atoms with Gasteiger partial charge in [-0.15, -0.1) is 18.2 Å². The summed E-state index contributed by atoms with van der Waals surface area (Å²) in [6.45, 7) is 3.49. The number of carbonyl (C=O) groups is 1. The van der Waals surface area contributed by atoms with Crippen molar-refractivity contribution < 1.29 is 19.2 Å². The Morgan fingerprint density at radius 3 is 3.04 bits per heavy atom. The van der Waals surface area contributed by atoms with E-state index in [0.717, 1.165) is 0 Å². The maximum atomic E-state index is 12.8. The van der Waals surface area contributed by atoms with Gasteiger partial charge in [0, 0.05) is 11.8 Å². The molecule has 4 N–H and O–H groups in total. The molecule has 1 aromatic heterocycles. The number of hydrogen-bond donors (Lipinski definition) is 3. The summed E-state index contributed by atoms with van der Waals surface area (Å²) in [6.07, 6.45) is 6.38. The minimum absolute atomic E-state index is 0.0000835. The minimum Gasteiger partial charge on any atom is -0.481 e. The van der Waals surface area contributed by atoms with Crippen molar-refractivity contribution in [1.82, 2.24) is 5.32 Å². The molecule has 0 aliphatic carbocycles. The highest BCUT2D eigenvalue weighted by atomic mass is 32.2. The summed E-state index contributed by atoms with van der Waals surface area (Å²) in [5.41, 5.74) is 4.28. The lowest BCUT2D eigenvalue weighted by atomic mass is 10.1. The van der Waals surface area contributed by atoms with Crippen LogP contribution < -0.4 is 21.4 Å². The Hall–Kier alpha value is -2.77. The van der Waals surface area contributed by atoms with Gasteiger partial charge in [0.1, 0.15) is 28.9 Å². The van der Waals surface area contributed by atoms with Crippen LogP contribution in [0.15, 0.2) is 31.5 Å². The van der Waals surface area contributed by atoms with Gasteiger partial charge in [0.15, 0.2) is 5.66 Å². The summed E-state index contributed by atoms with van der Waals surface area (Å²) in [5.74, 6) is 2.47. The first kappa shape index (κ1) is 21.5. The predicted molar refractivity (Wildman–Crippen MR) is 107 cm³/mol. The summed E-state index contributed by atoms with van der Waals surface area (Å²) < 4.78 is 10.5. The van der Waals surface area contributed by atoms with Gasteiger partial charge in [-0.3, -0.25) is 10.5 Å². The van der Waals surface area contributed by atoms with Gasteiger partial charge in [-0.25, -0.2) is 9.79 Å². The van der Waals surface area contributed by atoms with Gasteiger partial charge in [-0.2, -0.15) is 0 Å². The third-order valence-electron chi connectivity index (χ3n) is 3.89. The van der Waals surface area contributed by atoms with E-state index < -0.39 is 23.2 Å². The zero-order valence-electron chi connectivity index (χ0n) is 15.6. The molecule has 1 amide bonds. The van der Waals surface area contributed by atoms with Crippen LogP contribution in [-0.2, 0) is 4.79 Å². The molecule has 0 aromatic carbocycles. The van der Waals surface area contributed by atoms with E-state index in [2.05, 4.69) is 21.4 Å². The van der Waals surface area contributed by atoms with Gasteiger partial charge in [-0.05, 0) is 13.3 Å². The van der Waals surface area contributed by atoms with Crippen molar-refractivity contribution in [2.24, 2.45) is 15.9 Å². The Morgan fingerprint density at radius 2 is 2.39 bits per heavy atom. The van der Waals surface area contributed by atoms with Crippen LogP contribution in [-0.4, -0.2) is 39.9 Å². The topological polar surface area (TPSA) is 140 Å². The molecule has 2 heterocycles. The summed E-state index contributed by atoms with van der Waals surface area (Å²) in [5, 5.41) is 15.1. The third-order valence-corrected chi connectivity index (χ3v) is 5.14. The summed E-state index contributed by atoms with van der Waals surface area (Å²) in [4.78, 5) is 28.8. The van der Waals surface area contributed by atoms with Crippen molar-refractivity contribution in [1.29, 1.82) is 0 Å². The number of thioether (sulfide) groups is 1. The van der Waals surface area contributed by atoms with Crippen LogP contribution in [0.25, 0.3) is 0 Å². The van der Waals surface area contributed by atoms with Crippen molar-refractivity contribution >= 4 is 28.4 Å². The Balaban J connectivity index is 2.25. The van der Waals surface area contributed by atoms with E-state index in [1.165, 1.54) is 23.9 Å². The van der Waals surface area contributed by atoms with Crippen LogP contribution in [0.3, 0.4) is 0 Å². The van der Waals surface area contributed by atoms with Gasteiger partial charge < -0.3 is 19.7 Å². The van der Waals surface area contributed by atoms with Crippen molar-refractivity contribution in [3.8, 4) is 18.1 Å². The van der Waals surface area contributed by atoms with Gasteiger partial charge in [0.2, 0.25) is 0 Å². The lowest BCUT2D eigenvalue weighted by Crippen LogP contribution is -2.54. The van der Waals surface area contributed by atoms with Crippen LogP contribution in [0.2, 0.25) is 0 Å². The second-order valence-electron chi connectivity index (χ2n) is 6.14. The monoisotopic (exact) mass is 406 g/mol. The molecule has 0 fully saturated rings. The number of carbonyl (C=O) groups excluding carboxylic acids is 1. The van der Waals surface area contributed by atoms with E-state index >= 15 is 0 Å². The van der Waals surface area contributed by atoms with Gasteiger partial charge in [0.25, 0.3) is 5.91 Å². The molecular formula is C18H22N4O5S. The molecule has 28 heavy (non-hydrogen) atoms. The summed E-state index contributed by atoms with van der Waals surface area (Å²) in [7, 11) is 0. The average Bonchev–Trinajstić information content (AvgIpc) is 3.08. The zero-order chi connectivity index (χ0) is 20.7. The van der Waals surface area contributed by atoms with Crippen LogP contribution >= 0.6 is 11.8 Å². The number of amides is 1. The molecule has 10 heteroatoms. The van der Waals surface area contributed by atoms with E-state index in [9.17, 15) is 9.59 Å². The number of hydrogen-bond acceptors (Lipinski definition) is 9. The first-order chi connectivity index (χ1) is 13.3. The minimum atomic E-state index is -1.52. The molecule has 1 aromatic rings. The lowest BCUT2D eigenvalue weighted by molar-refractivity contribution is -0.126. The smallest absolute Gasteiger partial charge is 0.339 e. The van der Waals surface area contributed by atoms with E-state index in [1.54, 1.807) is 6.92 Å². The molecule has 1 aliphatic heterocycles. The fraction of sp³-hybridized carbons (Fsp3) is 0.444. The molecule has 0 saturated heterocycles. The number of nitrogens with zero attached hydrogens (tertiary/aromatic N) is 2. The highest BCUT2D eigenvalue weighted by Crippen LogP contribution is 2.27. The van der Waals surface area contributed by atoms with Crippen LogP contribution in [0.5, 0.6) is 5.75 Å². The highest BCUT2D eigenvalue weighted by molar-refractivity contribution is 8.16. The molecule has 0 radical (unpaired) electrons. The zero-order valence-corrected chi connectivity index (χ0v) is 16.4. The first-order valence-electron chi connectivity index (χ1n) is 8.55. The standard InChI is InChI=1S/C18H22N4O5S/c1-4-6-13(14-8-12(26-7-5-2)9-15(23)27-14)20-17(24)18(19)10-28-16(21-18)11(3)22-25/h2,8-9,13,25H,4,6-7,10,19H2,1,3H3,(H,20,24)/b22-11-/t13-,18+/m1/s1. The number of nitrogens with two attached hydrogens (primary N) is 1. The molecule has 0 unspecified atom stereocenters. The van der Waals surface area contributed by atoms with Crippen LogP contribution in [0, 0.1) is 12.3 Å². The van der Waals surface area contributed by atoms with Crippen molar-refractivity contribution in [3.05, 3.63) is 28.3 Å². The number of oxime groups is 1. The summed E-state index contributed by atoms with van der Waals surface area (Å²) >= 11 is 1.22. The van der Waals surface area contributed by atoms with E-state index in [4.69, 9.17) is 26.5 Å². The lowest BCUT2D eigenvalue weighted by Gasteiger charge is -2.24. The fourth-order valence-corrected chi connectivity index (χ4v) is 3.51. The number of rotatable bonds is 8. The maximum absolute atomic E-state index is 12.8. The fourth-order valence-electron chi connectivity index (χ4n) is 2.48. The van der Waals surface area contributed by atoms with Crippen LogP contribution in [0.1, 0.15) is 38.5 Å². The molecule has 150 valence electrons. The molecule has 0 saturated carbocycles. The average molecular weight is 406 g/mol. The van der Waals surface area contributed by atoms with E-state index in [1.807, 2.05) is 6.92 Å². The number of nitrogens with one attached hydrogen (secondary N) is 1. The molecule has 2 atom stereocenters. The normalized spacial score (nSPS) is 20.2. The number of aliphatic imine (C=N–C) groups is 1. The Bertz CT molecular complexity index is 889. The van der Waals surface area contributed by atoms with E-state index in [0.29, 0.717) is 17.9 Å². The van der Waals surface area contributed by atoms with Gasteiger partial charge >= 0.3 is 5.63 Å². The molecule has 2 rings (SSSR count). The maximum Gasteiger partial charge on any atom is 0.339 e. The highest BCUT2D eigenvalue weighted by Gasteiger charge is 2.40. The number of ether oxygens (including phenoxy) is 1. The third kappa shape index (κ3) is 5.15.